The summed E-state index contributed by atoms with van der Waals surface area (Å²) in [6, 6.07) is 13.6. The van der Waals surface area contributed by atoms with Crippen LogP contribution in [0.2, 0.25) is 0 Å². The van der Waals surface area contributed by atoms with Crippen LogP contribution in [0.25, 0.3) is 11.1 Å². The number of oxazole rings is 1. The lowest BCUT2D eigenvalue weighted by Crippen LogP contribution is -2.47. The van der Waals surface area contributed by atoms with Gasteiger partial charge in [-0.25, -0.2) is 14.7 Å². The van der Waals surface area contributed by atoms with Gasteiger partial charge in [0, 0.05) is 19.0 Å². The first-order chi connectivity index (χ1) is 17.3. The number of benzene rings is 2. The molecule has 0 radical (unpaired) electrons. The van der Waals surface area contributed by atoms with E-state index in [1.165, 1.54) is 17.0 Å². The molecule has 3 amide bonds. The van der Waals surface area contributed by atoms with E-state index in [9.17, 15) is 18.4 Å². The number of carbonyl (C=O) groups is 2. The second-order valence-electron chi connectivity index (χ2n) is 9.57. The molecule has 190 valence electrons. The fourth-order valence-corrected chi connectivity index (χ4v) is 4.86. The smallest absolute Gasteiger partial charge is 0.387 e. The van der Waals surface area contributed by atoms with Gasteiger partial charge in [0.05, 0.1) is 6.67 Å². The van der Waals surface area contributed by atoms with Gasteiger partial charge >= 0.3 is 12.6 Å². The Morgan fingerprint density at radius 3 is 2.56 bits per heavy atom. The Morgan fingerprint density at radius 1 is 1.14 bits per heavy atom. The minimum Gasteiger partial charge on any atom is -0.440 e. The van der Waals surface area contributed by atoms with Crippen molar-refractivity contribution < 1.29 is 27.5 Å². The maximum atomic E-state index is 13.2. The maximum absolute atomic E-state index is 13.2. The van der Waals surface area contributed by atoms with Crippen molar-refractivity contribution in [2.75, 3.05) is 19.8 Å². The maximum Gasteiger partial charge on any atom is 0.387 e. The van der Waals surface area contributed by atoms with E-state index in [-0.39, 0.29) is 24.2 Å². The SMILES string of the molecule is CC1(CCc2ccc(OC(F)F)cc2)NC(=O)N(CN2CCC(c3nc4ccccc4o3)CC2)C1=O. The highest BCUT2D eigenvalue weighted by molar-refractivity contribution is 6.06. The summed E-state index contributed by atoms with van der Waals surface area (Å²) in [6.07, 6.45) is 2.56. The van der Waals surface area contributed by atoms with E-state index in [4.69, 9.17) is 4.42 Å². The molecular formula is C26H28F2N4O4. The third-order valence-electron chi connectivity index (χ3n) is 7.00. The number of ether oxygens (including phenoxy) is 1. The number of aryl methyl sites for hydroxylation is 1. The van der Waals surface area contributed by atoms with Crippen LogP contribution in [-0.2, 0) is 11.2 Å². The molecule has 0 bridgehead atoms. The number of nitrogens with one attached hydrogen (secondary N) is 1. The van der Waals surface area contributed by atoms with E-state index >= 15 is 0 Å². The predicted molar refractivity (Wildman–Crippen MR) is 128 cm³/mol. The number of aromatic nitrogens is 1. The number of rotatable bonds is 8. The molecule has 1 atom stereocenters. The third kappa shape index (κ3) is 5.04. The average Bonchev–Trinajstić information content (AvgIpc) is 3.39. The van der Waals surface area contributed by atoms with E-state index in [1.807, 2.05) is 24.3 Å². The fourth-order valence-electron chi connectivity index (χ4n) is 4.86. The minimum atomic E-state index is -2.88. The number of carbonyl (C=O) groups excluding carboxylic acids is 2. The number of halogens is 2. The van der Waals surface area contributed by atoms with Crippen LogP contribution in [0.3, 0.4) is 0 Å². The number of hydrogen-bond donors (Lipinski definition) is 1. The Kier molecular flexibility index (Phi) is 6.61. The Hall–Kier alpha value is -3.53. The van der Waals surface area contributed by atoms with Crippen LogP contribution in [0.15, 0.2) is 52.9 Å². The van der Waals surface area contributed by atoms with Crippen LogP contribution in [0, 0.1) is 0 Å². The molecule has 0 aliphatic carbocycles. The van der Waals surface area contributed by atoms with Gasteiger partial charge in [-0.05, 0) is 62.4 Å². The molecule has 2 saturated heterocycles. The van der Waals surface area contributed by atoms with Crippen LogP contribution in [0.5, 0.6) is 5.75 Å². The van der Waals surface area contributed by atoms with Crippen LogP contribution < -0.4 is 10.1 Å². The van der Waals surface area contributed by atoms with Gasteiger partial charge in [0.25, 0.3) is 5.91 Å². The van der Waals surface area contributed by atoms with E-state index < -0.39 is 18.2 Å². The summed E-state index contributed by atoms with van der Waals surface area (Å²) in [5.41, 5.74) is 1.47. The van der Waals surface area contributed by atoms with Crippen molar-refractivity contribution in [2.45, 2.75) is 50.7 Å². The number of nitrogens with zero attached hydrogens (tertiary/aromatic N) is 3. The van der Waals surface area contributed by atoms with Gasteiger partial charge in [-0.15, -0.1) is 0 Å². The van der Waals surface area contributed by atoms with Crippen molar-refractivity contribution in [1.29, 1.82) is 0 Å². The molecule has 8 nitrogen and oxygen atoms in total. The molecular weight excluding hydrogens is 470 g/mol. The fraction of sp³-hybridized carbons (Fsp3) is 0.423. The molecule has 2 aromatic carbocycles. The molecule has 1 unspecified atom stereocenters. The first-order valence-electron chi connectivity index (χ1n) is 12.1. The molecule has 0 spiro atoms. The highest BCUT2D eigenvalue weighted by Gasteiger charge is 2.47. The minimum absolute atomic E-state index is 0.0799. The van der Waals surface area contributed by atoms with Gasteiger partial charge in [-0.3, -0.25) is 9.69 Å². The summed E-state index contributed by atoms with van der Waals surface area (Å²) in [5.74, 6) is 0.772. The number of para-hydroxylation sites is 2. The Balaban J connectivity index is 1.14. The summed E-state index contributed by atoms with van der Waals surface area (Å²) in [7, 11) is 0. The molecule has 2 aliphatic heterocycles. The first kappa shape index (κ1) is 24.2. The number of piperidine rings is 1. The molecule has 0 saturated carbocycles. The van der Waals surface area contributed by atoms with E-state index in [2.05, 4.69) is 19.9 Å². The Bertz CT molecular complexity index is 1210. The predicted octanol–water partition coefficient (Wildman–Crippen LogP) is 4.51. The topological polar surface area (TPSA) is 87.9 Å². The zero-order chi connectivity index (χ0) is 25.3. The second-order valence-corrected chi connectivity index (χ2v) is 9.57. The molecule has 5 rings (SSSR count). The number of urea groups is 1. The Labute approximate surface area is 207 Å². The second kappa shape index (κ2) is 9.85. The summed E-state index contributed by atoms with van der Waals surface area (Å²) < 4.78 is 35.0. The lowest BCUT2D eigenvalue weighted by atomic mass is 9.93. The molecule has 1 N–H and O–H groups in total. The van der Waals surface area contributed by atoms with Crippen LogP contribution in [0.1, 0.15) is 43.6 Å². The van der Waals surface area contributed by atoms with E-state index in [1.54, 1.807) is 19.1 Å². The monoisotopic (exact) mass is 498 g/mol. The van der Waals surface area contributed by atoms with Crippen molar-refractivity contribution >= 4 is 23.0 Å². The number of likely N-dealkylation sites (tertiary alicyclic amines) is 1. The average molecular weight is 499 g/mol. The standard InChI is InChI=1S/C26H28F2N4O4/c1-26(13-10-17-6-8-19(9-7-17)35-24(27)28)23(33)32(25(34)30-26)16-31-14-11-18(12-15-31)22-29-20-4-2-3-5-21(20)36-22/h2-9,18,24H,10-16H2,1H3,(H,30,34). The van der Waals surface area contributed by atoms with Gasteiger partial charge in [0.15, 0.2) is 11.5 Å². The molecule has 1 aromatic heterocycles. The summed E-state index contributed by atoms with van der Waals surface area (Å²) in [5, 5.41) is 2.84. The zero-order valence-corrected chi connectivity index (χ0v) is 20.0. The highest BCUT2D eigenvalue weighted by Crippen LogP contribution is 2.31. The first-order valence-corrected chi connectivity index (χ1v) is 12.1. The largest absolute Gasteiger partial charge is 0.440 e. The van der Waals surface area contributed by atoms with Gasteiger partial charge in [0.1, 0.15) is 16.8 Å². The van der Waals surface area contributed by atoms with Crippen molar-refractivity contribution in [3.05, 3.63) is 60.0 Å². The molecule has 10 heteroatoms. The lowest BCUT2D eigenvalue weighted by molar-refractivity contribution is -0.132. The molecule has 3 heterocycles. The van der Waals surface area contributed by atoms with Crippen LogP contribution in [-0.4, -0.2) is 58.6 Å². The van der Waals surface area contributed by atoms with Crippen molar-refractivity contribution in [3.8, 4) is 5.75 Å². The van der Waals surface area contributed by atoms with Gasteiger partial charge in [0.2, 0.25) is 0 Å². The van der Waals surface area contributed by atoms with Crippen molar-refractivity contribution in [1.82, 2.24) is 20.1 Å². The van der Waals surface area contributed by atoms with Crippen LogP contribution >= 0.6 is 0 Å². The molecule has 2 fully saturated rings. The van der Waals surface area contributed by atoms with Crippen molar-refractivity contribution in [3.63, 3.8) is 0 Å². The summed E-state index contributed by atoms with van der Waals surface area (Å²) in [4.78, 5) is 33.8. The normalized spacial score (nSPS) is 21.5. The highest BCUT2D eigenvalue weighted by atomic mass is 19.3. The number of imide groups is 1. The summed E-state index contributed by atoms with van der Waals surface area (Å²) >= 11 is 0. The van der Waals surface area contributed by atoms with Gasteiger partial charge in [-0.1, -0.05) is 24.3 Å². The quantitative estimate of drug-likeness (QED) is 0.460. The van der Waals surface area contributed by atoms with E-state index in [0.717, 1.165) is 48.5 Å². The number of hydrogen-bond acceptors (Lipinski definition) is 6. The number of alkyl halides is 2. The zero-order valence-electron chi connectivity index (χ0n) is 20.0. The van der Waals surface area contributed by atoms with Gasteiger partial charge in [-0.2, -0.15) is 8.78 Å². The van der Waals surface area contributed by atoms with E-state index in [0.29, 0.717) is 12.8 Å². The lowest BCUT2D eigenvalue weighted by Gasteiger charge is -2.32. The molecule has 2 aliphatic rings. The molecule has 36 heavy (non-hydrogen) atoms. The third-order valence-corrected chi connectivity index (χ3v) is 7.00. The van der Waals surface area contributed by atoms with Crippen molar-refractivity contribution in [2.24, 2.45) is 0 Å². The Morgan fingerprint density at radius 2 is 1.86 bits per heavy atom. The van der Waals surface area contributed by atoms with Crippen LogP contribution in [0.4, 0.5) is 13.6 Å². The van der Waals surface area contributed by atoms with Gasteiger partial charge < -0.3 is 14.5 Å². The summed E-state index contributed by atoms with van der Waals surface area (Å²) in [6.45, 7) is 0.537. The number of fused-ring (bicyclic) bond motifs is 1. The molecule has 3 aromatic rings. The number of amides is 3.